The zero-order valence-electron chi connectivity index (χ0n) is 22.1. The monoisotopic (exact) mass is 552 g/mol. The SMILES string of the molecule is Cc1c(-c2ncco2)sc2c1c(=O)n(C(C)(C)C(=O)O)c(=O)n2C[C@H](OC1CCC(N)CC1)c1ccccc1. The van der Waals surface area contributed by atoms with Crippen LogP contribution in [0, 0.1) is 6.92 Å². The molecule has 3 N–H and O–H groups in total. The number of hydrogen-bond donors (Lipinski definition) is 2. The molecule has 1 saturated carbocycles. The van der Waals surface area contributed by atoms with Crippen LogP contribution in [0.3, 0.4) is 0 Å². The van der Waals surface area contributed by atoms with Gasteiger partial charge in [-0.25, -0.2) is 19.1 Å². The molecule has 1 aliphatic rings. The van der Waals surface area contributed by atoms with E-state index >= 15 is 0 Å². The molecule has 11 heteroatoms. The standard InChI is InChI=1S/C28H32N4O6S/c1-16-21-24(33)32(28(2,3)26(34)35)27(36)31(25(21)39-22(16)23-30-13-14-37-23)15-20(17-7-5-4-6-8-17)38-19-11-9-18(29)10-12-19/h4-8,13-14,18-20H,9-12,15,29H2,1-3H3,(H,34,35)/t18?,19?,20-/m0/s1. The third-order valence-electron chi connectivity index (χ3n) is 7.52. The van der Waals surface area contributed by atoms with Crippen molar-refractivity contribution in [2.45, 2.75) is 76.8 Å². The fraction of sp³-hybridized carbons (Fsp3) is 0.429. The van der Waals surface area contributed by atoms with Crippen LogP contribution in [0.25, 0.3) is 21.0 Å². The number of carbonyl (C=O) groups is 1. The van der Waals surface area contributed by atoms with E-state index in [4.69, 9.17) is 14.9 Å². The number of benzene rings is 1. The quantitative estimate of drug-likeness (QED) is 0.334. The van der Waals surface area contributed by atoms with Crippen LogP contribution in [-0.4, -0.2) is 37.3 Å². The van der Waals surface area contributed by atoms with E-state index in [-0.39, 0.29) is 24.1 Å². The molecule has 0 amide bonds. The van der Waals surface area contributed by atoms with Crippen molar-refractivity contribution in [2.75, 3.05) is 0 Å². The minimum atomic E-state index is -1.79. The molecule has 1 aliphatic carbocycles. The smallest absolute Gasteiger partial charge is 0.333 e. The first-order chi connectivity index (χ1) is 18.6. The van der Waals surface area contributed by atoms with E-state index in [0.717, 1.165) is 35.8 Å². The van der Waals surface area contributed by atoms with Gasteiger partial charge >= 0.3 is 11.7 Å². The minimum Gasteiger partial charge on any atom is -0.480 e. The molecule has 0 saturated heterocycles. The second kappa shape index (κ2) is 10.6. The summed E-state index contributed by atoms with van der Waals surface area (Å²) in [6.45, 7) is 4.54. The van der Waals surface area contributed by atoms with Crippen molar-refractivity contribution in [3.8, 4) is 10.8 Å². The lowest BCUT2D eigenvalue weighted by molar-refractivity contribution is -0.146. The van der Waals surface area contributed by atoms with Crippen molar-refractivity contribution in [3.05, 3.63) is 74.8 Å². The molecule has 39 heavy (non-hydrogen) atoms. The van der Waals surface area contributed by atoms with Gasteiger partial charge in [0.1, 0.15) is 22.7 Å². The number of oxazole rings is 1. The average Bonchev–Trinajstić information content (AvgIpc) is 3.55. The van der Waals surface area contributed by atoms with Crippen LogP contribution >= 0.6 is 11.3 Å². The Morgan fingerprint density at radius 2 is 1.92 bits per heavy atom. The lowest BCUT2D eigenvalue weighted by Crippen LogP contribution is -2.52. The van der Waals surface area contributed by atoms with Gasteiger partial charge in [0.15, 0.2) is 0 Å². The molecular weight excluding hydrogens is 520 g/mol. The van der Waals surface area contributed by atoms with Crippen LogP contribution in [0.1, 0.15) is 56.8 Å². The maximum absolute atomic E-state index is 14.0. The molecule has 1 atom stereocenters. The minimum absolute atomic E-state index is 0.0319. The number of nitrogens with two attached hydrogens (primary N) is 1. The molecule has 4 aromatic rings. The van der Waals surface area contributed by atoms with Crippen LogP contribution in [0.5, 0.6) is 0 Å². The van der Waals surface area contributed by atoms with Gasteiger partial charge in [0, 0.05) is 6.04 Å². The number of ether oxygens (including phenoxy) is 1. The Morgan fingerprint density at radius 1 is 1.23 bits per heavy atom. The van der Waals surface area contributed by atoms with Gasteiger partial charge in [-0.05, 0) is 57.6 Å². The van der Waals surface area contributed by atoms with E-state index in [1.165, 1.54) is 42.2 Å². The Bertz CT molecular complexity index is 1590. The summed E-state index contributed by atoms with van der Waals surface area (Å²) in [7, 11) is 0. The Morgan fingerprint density at radius 3 is 2.54 bits per heavy atom. The number of rotatable bonds is 8. The highest BCUT2D eigenvalue weighted by Crippen LogP contribution is 2.37. The molecule has 0 radical (unpaired) electrons. The number of thiophene rings is 1. The predicted molar refractivity (Wildman–Crippen MR) is 148 cm³/mol. The van der Waals surface area contributed by atoms with E-state index in [1.54, 1.807) is 6.92 Å². The van der Waals surface area contributed by atoms with Crippen LogP contribution in [0.15, 0.2) is 56.8 Å². The number of aromatic nitrogens is 3. The predicted octanol–water partition coefficient (Wildman–Crippen LogP) is 4.04. The van der Waals surface area contributed by atoms with Gasteiger partial charge in [-0.3, -0.25) is 9.36 Å². The molecule has 1 fully saturated rings. The van der Waals surface area contributed by atoms with Gasteiger partial charge in [0.05, 0.1) is 29.1 Å². The summed E-state index contributed by atoms with van der Waals surface area (Å²) in [5, 5.41) is 10.2. The van der Waals surface area contributed by atoms with E-state index in [0.29, 0.717) is 21.2 Å². The van der Waals surface area contributed by atoms with Gasteiger partial charge in [-0.15, -0.1) is 11.3 Å². The molecular formula is C28H32N4O6S. The van der Waals surface area contributed by atoms with Crippen molar-refractivity contribution in [1.82, 2.24) is 14.1 Å². The fourth-order valence-corrected chi connectivity index (χ4v) is 6.40. The Hall–Kier alpha value is -3.54. The number of carboxylic acid groups (broad SMARTS) is 1. The molecule has 3 aromatic heterocycles. The van der Waals surface area contributed by atoms with E-state index < -0.39 is 28.9 Å². The number of nitrogens with zero attached hydrogens (tertiary/aromatic N) is 3. The molecule has 0 aliphatic heterocycles. The molecule has 0 spiro atoms. The second-order valence-corrected chi connectivity index (χ2v) is 11.5. The first kappa shape index (κ1) is 27.0. The highest BCUT2D eigenvalue weighted by molar-refractivity contribution is 7.22. The van der Waals surface area contributed by atoms with Gasteiger partial charge in [-0.1, -0.05) is 30.3 Å². The maximum Gasteiger partial charge on any atom is 0.333 e. The zero-order chi connectivity index (χ0) is 27.9. The molecule has 3 heterocycles. The van der Waals surface area contributed by atoms with Crippen LogP contribution in [0.2, 0.25) is 0 Å². The first-order valence-corrected chi connectivity index (χ1v) is 13.8. The Kier molecular flexibility index (Phi) is 7.32. The average molecular weight is 553 g/mol. The van der Waals surface area contributed by atoms with E-state index in [9.17, 15) is 19.5 Å². The number of hydrogen-bond acceptors (Lipinski definition) is 8. The highest BCUT2D eigenvalue weighted by Gasteiger charge is 2.36. The molecule has 5 rings (SSSR count). The third kappa shape index (κ3) is 4.97. The molecule has 206 valence electrons. The Balaban J connectivity index is 1.71. The van der Waals surface area contributed by atoms with Crippen molar-refractivity contribution in [1.29, 1.82) is 0 Å². The largest absolute Gasteiger partial charge is 0.480 e. The summed E-state index contributed by atoms with van der Waals surface area (Å²) >= 11 is 1.22. The molecule has 1 aromatic carbocycles. The summed E-state index contributed by atoms with van der Waals surface area (Å²) in [6.07, 6.45) is 5.74. The van der Waals surface area contributed by atoms with Crippen LogP contribution in [0.4, 0.5) is 0 Å². The summed E-state index contributed by atoms with van der Waals surface area (Å²) in [5.74, 6) is -0.964. The first-order valence-electron chi connectivity index (χ1n) is 13.0. The lowest BCUT2D eigenvalue weighted by Gasteiger charge is -2.31. The maximum atomic E-state index is 14.0. The van der Waals surface area contributed by atoms with Crippen molar-refractivity contribution in [3.63, 3.8) is 0 Å². The van der Waals surface area contributed by atoms with Gasteiger partial charge < -0.3 is 20.0 Å². The zero-order valence-corrected chi connectivity index (χ0v) is 22.9. The van der Waals surface area contributed by atoms with E-state index in [2.05, 4.69) is 4.98 Å². The van der Waals surface area contributed by atoms with Gasteiger partial charge in [-0.2, -0.15) is 0 Å². The second-order valence-electron chi connectivity index (χ2n) is 10.5. The third-order valence-corrected chi connectivity index (χ3v) is 8.82. The number of aryl methyl sites for hydroxylation is 1. The van der Waals surface area contributed by atoms with E-state index in [1.807, 2.05) is 30.3 Å². The van der Waals surface area contributed by atoms with Gasteiger partial charge in [0.2, 0.25) is 5.89 Å². The summed E-state index contributed by atoms with van der Waals surface area (Å²) in [5.41, 5.74) is 4.39. The summed E-state index contributed by atoms with van der Waals surface area (Å²) in [4.78, 5) is 45.3. The highest BCUT2D eigenvalue weighted by atomic mass is 32.1. The number of carboxylic acids is 1. The van der Waals surface area contributed by atoms with Crippen molar-refractivity contribution < 1.29 is 19.1 Å². The lowest BCUT2D eigenvalue weighted by atomic mass is 9.93. The molecule has 10 nitrogen and oxygen atoms in total. The number of fused-ring (bicyclic) bond motifs is 1. The summed E-state index contributed by atoms with van der Waals surface area (Å²) in [6, 6.07) is 9.77. The number of aliphatic carboxylic acids is 1. The topological polar surface area (TPSA) is 143 Å². The summed E-state index contributed by atoms with van der Waals surface area (Å²) < 4.78 is 14.4. The normalized spacial score (nSPS) is 18.9. The fourth-order valence-electron chi connectivity index (χ4n) is 5.15. The van der Waals surface area contributed by atoms with Crippen LogP contribution in [-0.2, 0) is 21.6 Å². The van der Waals surface area contributed by atoms with Crippen molar-refractivity contribution in [2.24, 2.45) is 5.73 Å². The van der Waals surface area contributed by atoms with Crippen LogP contribution < -0.4 is 17.0 Å². The Labute approximate surface area is 228 Å². The molecule has 0 bridgehead atoms. The van der Waals surface area contributed by atoms with Crippen molar-refractivity contribution >= 4 is 27.5 Å². The molecule has 0 unspecified atom stereocenters. The van der Waals surface area contributed by atoms with Gasteiger partial charge in [0.25, 0.3) is 5.56 Å².